The highest BCUT2D eigenvalue weighted by atomic mass is 16.7. The fraction of sp³-hybridized carbons (Fsp3) is 0.360. The lowest BCUT2D eigenvalue weighted by atomic mass is 10.1. The van der Waals surface area contributed by atoms with E-state index in [4.69, 9.17) is 24.4 Å². The summed E-state index contributed by atoms with van der Waals surface area (Å²) < 4.78 is 15.5. The molecule has 180 valence electrons. The molecular weight excluding hydrogens is 442 g/mol. The molecule has 2 aromatic rings. The van der Waals surface area contributed by atoms with Crippen molar-refractivity contribution < 1.29 is 38.8 Å². The zero-order chi connectivity index (χ0) is 24.5. The van der Waals surface area contributed by atoms with E-state index < -0.39 is 30.4 Å². The van der Waals surface area contributed by atoms with Gasteiger partial charge in [-0.15, -0.1) is 0 Å². The molecule has 0 aliphatic carbocycles. The van der Waals surface area contributed by atoms with Gasteiger partial charge in [0.25, 0.3) is 0 Å². The van der Waals surface area contributed by atoms with Gasteiger partial charge >= 0.3 is 17.9 Å². The summed E-state index contributed by atoms with van der Waals surface area (Å²) >= 11 is 0. The fourth-order valence-electron chi connectivity index (χ4n) is 3.54. The van der Waals surface area contributed by atoms with Crippen molar-refractivity contribution in [3.63, 3.8) is 0 Å². The molecule has 2 unspecified atom stereocenters. The van der Waals surface area contributed by atoms with E-state index >= 15 is 0 Å². The van der Waals surface area contributed by atoms with Crippen molar-refractivity contribution in [1.82, 2.24) is 4.98 Å². The Bertz CT molecular complexity index is 981. The Hall–Kier alpha value is -3.56. The first-order chi connectivity index (χ1) is 16.4. The van der Waals surface area contributed by atoms with Crippen LogP contribution >= 0.6 is 0 Å². The summed E-state index contributed by atoms with van der Waals surface area (Å²) in [5.74, 6) is -3.16. The Morgan fingerprint density at radius 3 is 2.15 bits per heavy atom. The maximum Gasteiger partial charge on any atom is 0.336 e. The minimum Gasteiger partial charge on any atom is -0.479 e. The predicted octanol–water partition coefficient (Wildman–Crippen LogP) is 3.53. The Labute approximate surface area is 197 Å². The average Bonchev–Trinajstić information content (AvgIpc) is 3.30. The van der Waals surface area contributed by atoms with Crippen LogP contribution in [0, 0.1) is 0 Å². The highest BCUT2D eigenvalue weighted by Gasteiger charge is 2.46. The molecule has 3 rings (SSSR count). The highest BCUT2D eigenvalue weighted by molar-refractivity contribution is 5.84. The van der Waals surface area contributed by atoms with Crippen LogP contribution in [0.4, 0.5) is 0 Å². The number of esters is 1. The molecule has 2 atom stereocenters. The van der Waals surface area contributed by atoms with E-state index in [1.165, 1.54) is 0 Å². The molecule has 0 spiro atoms. The molecule has 0 bridgehead atoms. The topological polar surface area (TPSA) is 132 Å². The van der Waals surface area contributed by atoms with Crippen LogP contribution in [0.25, 0.3) is 11.3 Å². The third-order valence-corrected chi connectivity index (χ3v) is 5.38. The number of pyridine rings is 1. The van der Waals surface area contributed by atoms with Crippen molar-refractivity contribution in [3.05, 3.63) is 66.4 Å². The van der Waals surface area contributed by atoms with Gasteiger partial charge in [-0.1, -0.05) is 49.8 Å². The molecule has 34 heavy (non-hydrogen) atoms. The number of aliphatic carboxylic acids is 2. The van der Waals surface area contributed by atoms with Gasteiger partial charge in [0, 0.05) is 23.4 Å². The van der Waals surface area contributed by atoms with Crippen LogP contribution in [0.2, 0.25) is 0 Å². The lowest BCUT2D eigenvalue weighted by Gasteiger charge is -2.11. The van der Waals surface area contributed by atoms with Gasteiger partial charge in [0.2, 0.25) is 0 Å². The number of carboxylic acid groups (broad SMARTS) is 2. The predicted molar refractivity (Wildman–Crippen MR) is 121 cm³/mol. The van der Waals surface area contributed by atoms with Crippen molar-refractivity contribution in [2.75, 3.05) is 6.61 Å². The van der Waals surface area contributed by atoms with Crippen LogP contribution in [0.1, 0.15) is 43.1 Å². The van der Waals surface area contributed by atoms with E-state index in [9.17, 15) is 14.4 Å². The number of rotatable bonds is 12. The molecule has 0 saturated carbocycles. The van der Waals surface area contributed by atoms with E-state index in [1.54, 1.807) is 24.3 Å². The summed E-state index contributed by atoms with van der Waals surface area (Å²) in [7, 11) is 0. The SMILES string of the molecule is C=CC(=O)OCCCCCCc1ccc(-c2ccc(C3OC(C(=O)O)C(C(=O)O)O3)cc2)nc1. The maximum atomic E-state index is 11.2. The quantitative estimate of drug-likeness (QED) is 0.272. The third-order valence-electron chi connectivity index (χ3n) is 5.38. The molecule has 0 radical (unpaired) electrons. The smallest absolute Gasteiger partial charge is 0.336 e. The van der Waals surface area contributed by atoms with Crippen LogP contribution in [0.5, 0.6) is 0 Å². The molecule has 2 heterocycles. The zero-order valence-electron chi connectivity index (χ0n) is 18.6. The molecule has 1 saturated heterocycles. The molecule has 9 nitrogen and oxygen atoms in total. The second-order valence-corrected chi connectivity index (χ2v) is 7.83. The van der Waals surface area contributed by atoms with E-state index in [2.05, 4.69) is 11.6 Å². The summed E-state index contributed by atoms with van der Waals surface area (Å²) in [5.41, 5.74) is 3.28. The van der Waals surface area contributed by atoms with E-state index in [0.717, 1.165) is 55.0 Å². The molecule has 2 N–H and O–H groups in total. The Morgan fingerprint density at radius 1 is 0.941 bits per heavy atom. The molecule has 9 heteroatoms. The number of carboxylic acids is 2. The van der Waals surface area contributed by atoms with Gasteiger partial charge < -0.3 is 24.4 Å². The minimum atomic E-state index is -1.56. The summed E-state index contributed by atoms with van der Waals surface area (Å²) in [6, 6.07) is 11.0. The van der Waals surface area contributed by atoms with Crippen LogP contribution in [-0.4, -0.2) is 51.9 Å². The number of ether oxygens (including phenoxy) is 3. The van der Waals surface area contributed by atoms with Crippen LogP contribution < -0.4 is 0 Å². The molecule has 1 aliphatic heterocycles. The lowest BCUT2D eigenvalue weighted by Crippen LogP contribution is -2.36. The number of hydrogen-bond acceptors (Lipinski definition) is 7. The van der Waals surface area contributed by atoms with Gasteiger partial charge in [-0.05, 0) is 30.9 Å². The normalized spacial score (nSPS) is 19.5. The summed E-state index contributed by atoms with van der Waals surface area (Å²) in [4.78, 5) is 37.9. The lowest BCUT2D eigenvalue weighted by molar-refractivity contribution is -0.156. The summed E-state index contributed by atoms with van der Waals surface area (Å²) in [6.07, 6.45) is 3.58. The number of aromatic nitrogens is 1. The second-order valence-electron chi connectivity index (χ2n) is 7.83. The zero-order valence-corrected chi connectivity index (χ0v) is 18.6. The van der Waals surface area contributed by atoms with Gasteiger partial charge in [0.15, 0.2) is 18.5 Å². The van der Waals surface area contributed by atoms with Gasteiger partial charge in [-0.25, -0.2) is 14.4 Å². The number of hydrogen-bond donors (Lipinski definition) is 2. The first-order valence-corrected chi connectivity index (χ1v) is 11.0. The van der Waals surface area contributed by atoms with Gasteiger partial charge in [0.1, 0.15) is 0 Å². The Kier molecular flexibility index (Phi) is 8.89. The van der Waals surface area contributed by atoms with Crippen molar-refractivity contribution >= 4 is 17.9 Å². The van der Waals surface area contributed by atoms with Crippen LogP contribution in [-0.2, 0) is 35.0 Å². The first kappa shape index (κ1) is 25.1. The van der Waals surface area contributed by atoms with Gasteiger partial charge in [-0.3, -0.25) is 4.98 Å². The maximum absolute atomic E-state index is 11.2. The Balaban J connectivity index is 1.48. The first-order valence-electron chi connectivity index (χ1n) is 11.0. The number of carbonyl (C=O) groups excluding carboxylic acids is 1. The molecule has 1 aliphatic rings. The third kappa shape index (κ3) is 6.72. The van der Waals surface area contributed by atoms with Gasteiger partial charge in [-0.2, -0.15) is 0 Å². The van der Waals surface area contributed by atoms with E-state index in [0.29, 0.717) is 12.2 Å². The number of benzene rings is 1. The van der Waals surface area contributed by atoms with Crippen molar-refractivity contribution in [3.8, 4) is 11.3 Å². The molecule has 1 aromatic carbocycles. The molecular formula is C25H27NO8. The van der Waals surface area contributed by atoms with Gasteiger partial charge in [0.05, 0.1) is 12.3 Å². The van der Waals surface area contributed by atoms with E-state index in [1.807, 2.05) is 18.3 Å². The monoisotopic (exact) mass is 469 g/mol. The molecule has 0 amide bonds. The highest BCUT2D eigenvalue weighted by Crippen LogP contribution is 2.32. The minimum absolute atomic E-state index is 0.389. The van der Waals surface area contributed by atoms with Crippen molar-refractivity contribution in [2.45, 2.75) is 50.6 Å². The standard InChI is InChI=1S/C25H27NO8/c1-2-20(27)32-14-6-4-3-5-7-16-8-13-19(26-15-16)17-9-11-18(12-10-17)25-33-21(23(28)29)22(34-25)24(30)31/h2,8-13,15,21-22,25H,1,3-7,14H2,(H,28,29)(H,30,31). The Morgan fingerprint density at radius 2 is 1.59 bits per heavy atom. The molecule has 1 aromatic heterocycles. The number of nitrogens with zero attached hydrogens (tertiary/aromatic N) is 1. The van der Waals surface area contributed by atoms with E-state index in [-0.39, 0.29) is 5.97 Å². The largest absolute Gasteiger partial charge is 0.479 e. The van der Waals surface area contributed by atoms with Crippen molar-refractivity contribution in [1.29, 1.82) is 0 Å². The molecule has 1 fully saturated rings. The average molecular weight is 469 g/mol. The summed E-state index contributed by atoms with van der Waals surface area (Å²) in [5, 5.41) is 18.3. The number of aryl methyl sites for hydroxylation is 1. The fourth-order valence-corrected chi connectivity index (χ4v) is 3.54. The second kappa shape index (κ2) is 12.1. The number of carbonyl (C=O) groups is 3. The van der Waals surface area contributed by atoms with Crippen LogP contribution in [0.3, 0.4) is 0 Å². The van der Waals surface area contributed by atoms with Crippen molar-refractivity contribution in [2.24, 2.45) is 0 Å². The summed E-state index contributed by atoms with van der Waals surface area (Å²) in [6.45, 7) is 3.77. The van der Waals surface area contributed by atoms with Crippen LogP contribution in [0.15, 0.2) is 55.3 Å². The number of unbranched alkanes of at least 4 members (excludes halogenated alkanes) is 3.